The largest absolute Gasteiger partial charge is 0.433 e. The molecule has 0 unspecified atom stereocenters. The van der Waals surface area contributed by atoms with E-state index in [-0.39, 0.29) is 17.6 Å². The van der Waals surface area contributed by atoms with Gasteiger partial charge in [-0.1, -0.05) is 0 Å². The predicted molar refractivity (Wildman–Crippen MR) is 86.6 cm³/mol. The number of aromatic nitrogens is 2. The molecule has 142 valence electrons. The first-order valence-electron chi connectivity index (χ1n) is 8.27. The van der Waals surface area contributed by atoms with E-state index in [1.165, 1.54) is 11.0 Å². The van der Waals surface area contributed by atoms with Crippen LogP contribution in [-0.2, 0) is 12.6 Å². The zero-order chi connectivity index (χ0) is 19.3. The first-order valence-corrected chi connectivity index (χ1v) is 8.27. The zero-order valence-corrected chi connectivity index (χ0v) is 13.8. The summed E-state index contributed by atoms with van der Waals surface area (Å²) in [5, 5.41) is 2.24. The monoisotopic (exact) mass is 382 g/mol. The number of rotatable bonds is 1. The van der Waals surface area contributed by atoms with E-state index in [1.807, 2.05) is 0 Å². The van der Waals surface area contributed by atoms with Gasteiger partial charge in [0.15, 0.2) is 5.82 Å². The van der Waals surface area contributed by atoms with Gasteiger partial charge >= 0.3 is 12.2 Å². The van der Waals surface area contributed by atoms with Gasteiger partial charge in [-0.05, 0) is 36.5 Å². The SMILES string of the molecule is O=C(Nc1cc(C(F)(F)F)ncc1F)N1[C@H]2CC[C@@H]1c1c[nH]c(=O)cc1C2. The summed E-state index contributed by atoms with van der Waals surface area (Å²) in [6, 6.07) is 0.773. The molecule has 4 rings (SSSR count). The average molecular weight is 382 g/mol. The van der Waals surface area contributed by atoms with Crippen LogP contribution < -0.4 is 10.9 Å². The Morgan fingerprint density at radius 1 is 1.30 bits per heavy atom. The second-order valence-corrected chi connectivity index (χ2v) is 6.61. The van der Waals surface area contributed by atoms with Gasteiger partial charge in [0.05, 0.1) is 17.9 Å². The van der Waals surface area contributed by atoms with Crippen LogP contribution in [0.4, 0.5) is 28.0 Å². The second-order valence-electron chi connectivity index (χ2n) is 6.61. The Bertz CT molecular complexity index is 972. The van der Waals surface area contributed by atoms with E-state index in [0.717, 1.165) is 11.1 Å². The van der Waals surface area contributed by atoms with Crippen molar-refractivity contribution in [2.75, 3.05) is 5.32 Å². The van der Waals surface area contributed by atoms with Crippen LogP contribution in [-0.4, -0.2) is 26.9 Å². The fraction of sp³-hybridized carbons (Fsp3) is 0.353. The van der Waals surface area contributed by atoms with Crippen molar-refractivity contribution in [3.63, 3.8) is 0 Å². The van der Waals surface area contributed by atoms with Crippen LogP contribution in [0.1, 0.15) is 35.7 Å². The molecule has 6 nitrogen and oxygen atoms in total. The van der Waals surface area contributed by atoms with Crippen LogP contribution >= 0.6 is 0 Å². The lowest BCUT2D eigenvalue weighted by atomic mass is 9.95. The lowest BCUT2D eigenvalue weighted by molar-refractivity contribution is -0.141. The number of fused-ring (bicyclic) bond motifs is 4. The summed E-state index contributed by atoms with van der Waals surface area (Å²) in [6.45, 7) is 0. The summed E-state index contributed by atoms with van der Waals surface area (Å²) in [4.78, 5) is 31.3. The Labute approximate surface area is 150 Å². The summed E-state index contributed by atoms with van der Waals surface area (Å²) < 4.78 is 52.2. The smallest absolute Gasteiger partial charge is 0.329 e. The Kier molecular flexibility index (Phi) is 3.93. The van der Waals surface area contributed by atoms with Gasteiger partial charge in [-0.15, -0.1) is 0 Å². The van der Waals surface area contributed by atoms with Crippen LogP contribution in [0, 0.1) is 5.82 Å². The van der Waals surface area contributed by atoms with Gasteiger partial charge in [0.1, 0.15) is 5.69 Å². The molecule has 2 aliphatic heterocycles. The number of alkyl halides is 3. The fourth-order valence-electron chi connectivity index (χ4n) is 3.83. The van der Waals surface area contributed by atoms with Crippen molar-refractivity contribution in [2.45, 2.75) is 37.5 Å². The summed E-state index contributed by atoms with van der Waals surface area (Å²) >= 11 is 0. The molecule has 0 radical (unpaired) electrons. The van der Waals surface area contributed by atoms with Crippen molar-refractivity contribution in [3.8, 4) is 0 Å². The predicted octanol–water partition coefficient (Wildman–Crippen LogP) is 3.22. The number of amides is 2. The van der Waals surface area contributed by atoms with Gasteiger partial charge < -0.3 is 15.2 Å². The number of pyridine rings is 2. The van der Waals surface area contributed by atoms with Crippen molar-refractivity contribution in [2.24, 2.45) is 0 Å². The quantitative estimate of drug-likeness (QED) is 0.744. The van der Waals surface area contributed by atoms with Crippen molar-refractivity contribution < 1.29 is 22.4 Å². The molecule has 27 heavy (non-hydrogen) atoms. The van der Waals surface area contributed by atoms with E-state index in [2.05, 4.69) is 15.3 Å². The van der Waals surface area contributed by atoms with Crippen molar-refractivity contribution in [1.82, 2.24) is 14.9 Å². The van der Waals surface area contributed by atoms with E-state index < -0.39 is 29.4 Å². The minimum atomic E-state index is -4.75. The molecule has 2 aromatic heterocycles. The average Bonchev–Trinajstić information content (AvgIpc) is 2.91. The van der Waals surface area contributed by atoms with Gasteiger partial charge in [0, 0.05) is 18.3 Å². The number of carbonyl (C=O) groups is 1. The van der Waals surface area contributed by atoms with Crippen molar-refractivity contribution >= 4 is 11.7 Å². The zero-order valence-electron chi connectivity index (χ0n) is 13.8. The highest BCUT2D eigenvalue weighted by atomic mass is 19.4. The van der Waals surface area contributed by atoms with Gasteiger partial charge in [-0.25, -0.2) is 14.2 Å². The molecule has 2 amide bonds. The second kappa shape index (κ2) is 6.07. The summed E-state index contributed by atoms with van der Waals surface area (Å²) in [5.41, 5.74) is -0.447. The topological polar surface area (TPSA) is 78.1 Å². The van der Waals surface area contributed by atoms with Gasteiger partial charge in [0.25, 0.3) is 0 Å². The van der Waals surface area contributed by atoms with Crippen molar-refractivity contribution in [3.05, 3.63) is 57.5 Å². The number of anilines is 1. The lowest BCUT2D eigenvalue weighted by Crippen LogP contribution is -2.44. The van der Waals surface area contributed by atoms with Crippen LogP contribution in [0.25, 0.3) is 0 Å². The van der Waals surface area contributed by atoms with Gasteiger partial charge in [-0.3, -0.25) is 4.79 Å². The highest BCUT2D eigenvalue weighted by molar-refractivity contribution is 5.90. The molecule has 0 aliphatic carbocycles. The highest BCUT2D eigenvalue weighted by Crippen LogP contribution is 2.43. The van der Waals surface area contributed by atoms with Gasteiger partial charge in [-0.2, -0.15) is 13.2 Å². The molecule has 2 N–H and O–H groups in total. The number of urea groups is 1. The molecular weight excluding hydrogens is 368 g/mol. The van der Waals surface area contributed by atoms with Crippen molar-refractivity contribution in [1.29, 1.82) is 0 Å². The third kappa shape index (κ3) is 3.04. The van der Waals surface area contributed by atoms with E-state index in [1.54, 1.807) is 6.20 Å². The van der Waals surface area contributed by atoms with Crippen LogP contribution in [0.5, 0.6) is 0 Å². The third-order valence-corrected chi connectivity index (χ3v) is 4.98. The minimum absolute atomic E-state index is 0.198. The molecule has 2 aliphatic rings. The third-order valence-electron chi connectivity index (χ3n) is 4.98. The summed E-state index contributed by atoms with van der Waals surface area (Å²) in [6.07, 6.45) is -0.947. The molecule has 2 atom stereocenters. The van der Waals surface area contributed by atoms with Crippen LogP contribution in [0.3, 0.4) is 0 Å². The maximum atomic E-state index is 13.9. The summed E-state index contributed by atoms with van der Waals surface area (Å²) in [5.74, 6) is -1.05. The maximum Gasteiger partial charge on any atom is 0.433 e. The van der Waals surface area contributed by atoms with Gasteiger partial charge in [0.2, 0.25) is 5.56 Å². The Hall–Kier alpha value is -2.91. The van der Waals surface area contributed by atoms with E-state index >= 15 is 0 Å². The number of nitrogens with zero attached hydrogens (tertiary/aromatic N) is 2. The molecule has 2 aromatic rings. The number of H-pyrrole nitrogens is 1. The number of aromatic amines is 1. The molecular formula is C17H14F4N4O2. The Morgan fingerprint density at radius 2 is 2.07 bits per heavy atom. The summed E-state index contributed by atoms with van der Waals surface area (Å²) in [7, 11) is 0. The first-order chi connectivity index (χ1) is 12.7. The molecule has 1 fully saturated rings. The number of nitrogens with one attached hydrogen (secondary N) is 2. The molecule has 4 heterocycles. The molecule has 0 spiro atoms. The standard InChI is InChI=1S/C17H14F4N4O2/c18-11-7-22-14(17(19,20)21)5-12(11)24-16(27)25-9-1-2-13(25)10-6-23-15(26)4-8(10)3-9/h4-7,9,13H,1-3H2,(H,23,26)(H,22,24,27)/t9-,13+/m0/s1. The number of hydrogen-bond donors (Lipinski definition) is 2. The normalized spacial score (nSPS) is 21.1. The Morgan fingerprint density at radius 3 is 2.81 bits per heavy atom. The minimum Gasteiger partial charge on any atom is -0.329 e. The lowest BCUT2D eigenvalue weighted by Gasteiger charge is -2.36. The van der Waals surface area contributed by atoms with E-state index in [0.29, 0.717) is 31.5 Å². The molecule has 2 bridgehead atoms. The highest BCUT2D eigenvalue weighted by Gasteiger charge is 2.43. The number of hydrogen-bond acceptors (Lipinski definition) is 3. The fourth-order valence-corrected chi connectivity index (χ4v) is 3.83. The molecule has 10 heteroatoms. The first kappa shape index (κ1) is 17.5. The Balaban J connectivity index is 1.61. The number of carbonyl (C=O) groups excluding carboxylic acids is 1. The molecule has 1 saturated heterocycles. The van der Waals surface area contributed by atoms with E-state index in [9.17, 15) is 27.2 Å². The maximum absolute atomic E-state index is 13.9. The van der Waals surface area contributed by atoms with E-state index in [4.69, 9.17) is 0 Å². The van der Waals surface area contributed by atoms with Crippen LogP contribution in [0.2, 0.25) is 0 Å². The van der Waals surface area contributed by atoms with Crippen LogP contribution in [0.15, 0.2) is 29.3 Å². The molecule has 0 saturated carbocycles. The number of halogens is 4. The molecule has 0 aromatic carbocycles.